The SMILES string of the molecule is C#C.C1CCN(C2COC2)CC1. The molecule has 2 aliphatic heterocycles. The smallest absolute Gasteiger partial charge is 0.0645 e. The van der Waals surface area contributed by atoms with E-state index in [1.54, 1.807) is 0 Å². The molecule has 0 atom stereocenters. The Labute approximate surface area is 74.9 Å². The lowest BCUT2D eigenvalue weighted by atomic mass is 10.1. The summed E-state index contributed by atoms with van der Waals surface area (Å²) >= 11 is 0. The van der Waals surface area contributed by atoms with Crippen LogP contribution in [0.25, 0.3) is 0 Å². The molecule has 0 bridgehead atoms. The van der Waals surface area contributed by atoms with Crippen molar-refractivity contribution < 1.29 is 4.74 Å². The molecule has 68 valence electrons. The molecule has 0 aromatic carbocycles. The molecule has 2 heteroatoms. The van der Waals surface area contributed by atoms with Gasteiger partial charge in [-0.2, -0.15) is 0 Å². The predicted octanol–water partition coefficient (Wildman–Crippen LogP) is 1.12. The Balaban J connectivity index is 0.000000336. The summed E-state index contributed by atoms with van der Waals surface area (Å²) in [5.41, 5.74) is 0. The molecule has 2 aliphatic rings. The van der Waals surface area contributed by atoms with Crippen molar-refractivity contribution in [1.29, 1.82) is 0 Å². The molecule has 2 rings (SSSR count). The first-order valence-electron chi connectivity index (χ1n) is 4.62. The fourth-order valence-electron chi connectivity index (χ4n) is 1.72. The second-order valence-electron chi connectivity index (χ2n) is 3.29. The van der Waals surface area contributed by atoms with Crippen molar-refractivity contribution in [2.75, 3.05) is 26.3 Å². The average Bonchev–Trinajstić information content (AvgIpc) is 2.07. The van der Waals surface area contributed by atoms with Crippen LogP contribution >= 0.6 is 0 Å². The summed E-state index contributed by atoms with van der Waals surface area (Å²) in [4.78, 5) is 2.58. The van der Waals surface area contributed by atoms with Gasteiger partial charge in [-0.05, 0) is 25.9 Å². The van der Waals surface area contributed by atoms with Gasteiger partial charge in [-0.15, -0.1) is 12.8 Å². The van der Waals surface area contributed by atoms with Gasteiger partial charge in [0, 0.05) is 0 Å². The van der Waals surface area contributed by atoms with Crippen molar-refractivity contribution in [3.8, 4) is 12.8 Å². The van der Waals surface area contributed by atoms with E-state index in [2.05, 4.69) is 17.7 Å². The quantitative estimate of drug-likeness (QED) is 0.543. The molecular formula is C10H17NO. The zero-order valence-electron chi connectivity index (χ0n) is 7.54. The first-order valence-corrected chi connectivity index (χ1v) is 4.62. The highest BCUT2D eigenvalue weighted by molar-refractivity contribution is 4.79. The molecule has 2 nitrogen and oxygen atoms in total. The van der Waals surface area contributed by atoms with Crippen LogP contribution in [0.3, 0.4) is 0 Å². The lowest BCUT2D eigenvalue weighted by molar-refractivity contribution is -0.0698. The molecular weight excluding hydrogens is 150 g/mol. The summed E-state index contributed by atoms with van der Waals surface area (Å²) in [6.45, 7) is 4.60. The highest BCUT2D eigenvalue weighted by Gasteiger charge is 2.26. The van der Waals surface area contributed by atoms with Gasteiger partial charge >= 0.3 is 0 Å². The molecule has 0 N–H and O–H groups in total. The minimum absolute atomic E-state index is 0.778. The van der Waals surface area contributed by atoms with Crippen molar-refractivity contribution in [1.82, 2.24) is 4.90 Å². The van der Waals surface area contributed by atoms with Crippen molar-refractivity contribution in [2.24, 2.45) is 0 Å². The fourth-order valence-corrected chi connectivity index (χ4v) is 1.72. The van der Waals surface area contributed by atoms with E-state index < -0.39 is 0 Å². The Morgan fingerprint density at radius 3 is 2.00 bits per heavy atom. The average molecular weight is 167 g/mol. The van der Waals surface area contributed by atoms with Crippen LogP contribution < -0.4 is 0 Å². The van der Waals surface area contributed by atoms with Crippen LogP contribution in [-0.2, 0) is 4.74 Å². The Bertz CT molecular complexity index is 134. The van der Waals surface area contributed by atoms with Crippen LogP contribution in [0.2, 0.25) is 0 Å². The van der Waals surface area contributed by atoms with E-state index in [9.17, 15) is 0 Å². The molecule has 0 spiro atoms. The van der Waals surface area contributed by atoms with E-state index in [1.165, 1.54) is 32.4 Å². The summed E-state index contributed by atoms with van der Waals surface area (Å²) in [6.07, 6.45) is 12.2. The van der Waals surface area contributed by atoms with Gasteiger partial charge in [0.2, 0.25) is 0 Å². The van der Waals surface area contributed by atoms with E-state index in [0.29, 0.717) is 0 Å². The molecule has 12 heavy (non-hydrogen) atoms. The lowest BCUT2D eigenvalue weighted by Gasteiger charge is -2.39. The van der Waals surface area contributed by atoms with Crippen molar-refractivity contribution in [3.63, 3.8) is 0 Å². The van der Waals surface area contributed by atoms with Crippen LogP contribution in [0.15, 0.2) is 0 Å². The maximum atomic E-state index is 5.15. The van der Waals surface area contributed by atoms with E-state index in [4.69, 9.17) is 4.74 Å². The van der Waals surface area contributed by atoms with Crippen molar-refractivity contribution in [3.05, 3.63) is 0 Å². The monoisotopic (exact) mass is 167 g/mol. The first-order chi connectivity index (χ1) is 5.97. The summed E-state index contributed by atoms with van der Waals surface area (Å²) in [5, 5.41) is 0. The molecule has 0 unspecified atom stereocenters. The third kappa shape index (κ3) is 2.23. The normalized spacial score (nSPS) is 25.2. The van der Waals surface area contributed by atoms with Crippen LogP contribution in [-0.4, -0.2) is 37.2 Å². The second kappa shape index (κ2) is 5.18. The van der Waals surface area contributed by atoms with Crippen molar-refractivity contribution in [2.45, 2.75) is 25.3 Å². The molecule has 0 amide bonds. The Morgan fingerprint density at radius 2 is 1.58 bits per heavy atom. The molecule has 0 aliphatic carbocycles. The van der Waals surface area contributed by atoms with Crippen LogP contribution in [0.4, 0.5) is 0 Å². The maximum Gasteiger partial charge on any atom is 0.0645 e. The van der Waals surface area contributed by atoms with Gasteiger partial charge in [-0.3, -0.25) is 4.90 Å². The van der Waals surface area contributed by atoms with Crippen molar-refractivity contribution >= 4 is 0 Å². The molecule has 0 saturated carbocycles. The highest BCUT2D eigenvalue weighted by atomic mass is 16.5. The Hall–Kier alpha value is -0.520. The van der Waals surface area contributed by atoms with Gasteiger partial charge in [-0.1, -0.05) is 6.42 Å². The Kier molecular flexibility index (Phi) is 4.13. The number of nitrogens with zero attached hydrogens (tertiary/aromatic N) is 1. The van der Waals surface area contributed by atoms with Crippen LogP contribution in [0.1, 0.15) is 19.3 Å². The summed E-state index contributed by atoms with van der Waals surface area (Å²) in [5.74, 6) is 0. The van der Waals surface area contributed by atoms with Gasteiger partial charge < -0.3 is 4.74 Å². The number of terminal acetylenes is 1. The number of hydrogen-bond donors (Lipinski definition) is 0. The van der Waals surface area contributed by atoms with Gasteiger partial charge in [0.25, 0.3) is 0 Å². The summed E-state index contributed by atoms with van der Waals surface area (Å²) in [7, 11) is 0. The largest absolute Gasteiger partial charge is 0.378 e. The zero-order valence-corrected chi connectivity index (χ0v) is 7.54. The van der Waals surface area contributed by atoms with Crippen LogP contribution in [0.5, 0.6) is 0 Å². The number of ether oxygens (including phenoxy) is 1. The number of likely N-dealkylation sites (tertiary alicyclic amines) is 1. The number of piperidine rings is 1. The van der Waals surface area contributed by atoms with Gasteiger partial charge in [-0.25, -0.2) is 0 Å². The van der Waals surface area contributed by atoms with Gasteiger partial charge in [0.05, 0.1) is 19.3 Å². The molecule has 0 aromatic heterocycles. The van der Waals surface area contributed by atoms with E-state index in [1.807, 2.05) is 0 Å². The maximum absolute atomic E-state index is 5.15. The summed E-state index contributed by atoms with van der Waals surface area (Å²) < 4.78 is 5.15. The fraction of sp³-hybridized carbons (Fsp3) is 0.800. The first kappa shape index (κ1) is 9.57. The minimum Gasteiger partial charge on any atom is -0.378 e. The third-order valence-electron chi connectivity index (χ3n) is 2.53. The zero-order chi connectivity index (χ0) is 8.81. The number of rotatable bonds is 1. The highest BCUT2D eigenvalue weighted by Crippen LogP contribution is 2.16. The Morgan fingerprint density at radius 1 is 1.00 bits per heavy atom. The summed E-state index contributed by atoms with van der Waals surface area (Å²) in [6, 6.07) is 0.778. The predicted molar refractivity (Wildman–Crippen MR) is 49.9 cm³/mol. The third-order valence-corrected chi connectivity index (χ3v) is 2.53. The molecule has 2 heterocycles. The second-order valence-corrected chi connectivity index (χ2v) is 3.29. The van der Waals surface area contributed by atoms with E-state index >= 15 is 0 Å². The lowest BCUT2D eigenvalue weighted by Crippen LogP contribution is -2.50. The van der Waals surface area contributed by atoms with Gasteiger partial charge in [0.15, 0.2) is 0 Å². The molecule has 0 radical (unpaired) electrons. The molecule has 2 fully saturated rings. The minimum atomic E-state index is 0.778. The molecule has 2 saturated heterocycles. The van der Waals surface area contributed by atoms with E-state index in [-0.39, 0.29) is 0 Å². The topological polar surface area (TPSA) is 12.5 Å². The standard InChI is InChI=1S/C8H15NO.C2H2/c1-2-4-9(5-3-1)8-6-10-7-8;1-2/h8H,1-7H2;1-2H. The van der Waals surface area contributed by atoms with Gasteiger partial charge in [0.1, 0.15) is 0 Å². The number of hydrogen-bond acceptors (Lipinski definition) is 2. The molecule has 0 aromatic rings. The van der Waals surface area contributed by atoms with Crippen LogP contribution in [0, 0.1) is 12.8 Å². The van der Waals surface area contributed by atoms with E-state index in [0.717, 1.165) is 19.3 Å².